The number of rotatable bonds is 11. The average Bonchev–Trinajstić information content (AvgIpc) is 3.84. The summed E-state index contributed by atoms with van der Waals surface area (Å²) in [5.41, 5.74) is 1.97. The number of carbonyl (C=O) groups is 1. The molecule has 3 aromatic rings. The van der Waals surface area contributed by atoms with Gasteiger partial charge in [0.1, 0.15) is 36.3 Å². The summed E-state index contributed by atoms with van der Waals surface area (Å²) in [6, 6.07) is 14.3. The molecule has 1 aliphatic heterocycles. The number of hydrogen-bond acceptors (Lipinski definition) is 5. The first-order valence-electron chi connectivity index (χ1n) is 13.9. The van der Waals surface area contributed by atoms with Gasteiger partial charge in [0.05, 0.1) is 23.7 Å². The molecule has 0 spiro atoms. The lowest BCUT2D eigenvalue weighted by Gasteiger charge is -2.25. The number of benzene rings is 3. The summed E-state index contributed by atoms with van der Waals surface area (Å²) >= 11 is 5.93. The van der Waals surface area contributed by atoms with Crippen molar-refractivity contribution in [2.45, 2.75) is 31.5 Å². The van der Waals surface area contributed by atoms with Crippen LogP contribution < -0.4 is 24.8 Å². The Labute approximate surface area is 252 Å². The Hall–Kier alpha value is -3.76. The predicted octanol–water partition coefficient (Wildman–Crippen LogP) is 6.98. The highest BCUT2D eigenvalue weighted by Crippen LogP contribution is 2.43. The van der Waals surface area contributed by atoms with Crippen LogP contribution in [0.25, 0.3) is 5.57 Å². The first-order chi connectivity index (χ1) is 20.6. The summed E-state index contributed by atoms with van der Waals surface area (Å²) in [6.45, 7) is 1.32. The Kier molecular flexibility index (Phi) is 9.46. The van der Waals surface area contributed by atoms with E-state index in [1.54, 1.807) is 24.3 Å². The molecule has 0 bridgehead atoms. The van der Waals surface area contributed by atoms with Crippen molar-refractivity contribution in [1.29, 1.82) is 0 Å². The zero-order valence-corrected chi connectivity index (χ0v) is 24.2. The van der Waals surface area contributed by atoms with E-state index in [0.717, 1.165) is 36.1 Å². The first-order valence-corrected chi connectivity index (χ1v) is 14.3. The van der Waals surface area contributed by atoms with E-state index in [-0.39, 0.29) is 41.6 Å². The summed E-state index contributed by atoms with van der Waals surface area (Å²) in [6.07, 6.45) is -2.01. The highest BCUT2D eigenvalue weighted by atomic mass is 35.5. The topological polar surface area (TPSA) is 68.8 Å². The Morgan fingerprint density at radius 3 is 2.42 bits per heavy atom. The largest absolute Gasteiger partial charge is 0.497 e. The minimum absolute atomic E-state index is 0.0734. The Bertz CT molecular complexity index is 1490. The second-order valence-corrected chi connectivity index (χ2v) is 10.8. The van der Waals surface area contributed by atoms with Gasteiger partial charge in [0.2, 0.25) is 5.91 Å². The molecule has 6 nitrogen and oxygen atoms in total. The number of ether oxygens (including phenoxy) is 3. The molecule has 1 unspecified atom stereocenters. The molecule has 5 rings (SSSR count). The normalized spacial score (nSPS) is 16.0. The second-order valence-electron chi connectivity index (χ2n) is 10.4. The molecule has 1 heterocycles. The molecule has 43 heavy (non-hydrogen) atoms. The smallest absolute Gasteiger partial charge is 0.416 e. The molecule has 3 aromatic carbocycles. The van der Waals surface area contributed by atoms with Crippen molar-refractivity contribution >= 4 is 23.1 Å². The number of amides is 1. The highest BCUT2D eigenvalue weighted by molar-refractivity contribution is 6.32. The average molecular weight is 619 g/mol. The Morgan fingerprint density at radius 2 is 1.74 bits per heavy atom. The molecule has 1 fully saturated rings. The zero-order chi connectivity index (χ0) is 30.6. The van der Waals surface area contributed by atoms with Crippen LogP contribution in [0.3, 0.4) is 0 Å². The van der Waals surface area contributed by atoms with Crippen molar-refractivity contribution in [1.82, 2.24) is 10.6 Å². The van der Waals surface area contributed by atoms with E-state index in [1.165, 1.54) is 19.2 Å². The van der Waals surface area contributed by atoms with Crippen LogP contribution in [0.5, 0.6) is 17.2 Å². The van der Waals surface area contributed by atoms with Crippen molar-refractivity contribution in [2.75, 3.05) is 33.4 Å². The summed E-state index contributed by atoms with van der Waals surface area (Å²) in [7, 11) is 1.52. The minimum Gasteiger partial charge on any atom is -0.497 e. The van der Waals surface area contributed by atoms with Crippen LogP contribution in [0.2, 0.25) is 5.02 Å². The van der Waals surface area contributed by atoms with Crippen molar-refractivity contribution in [3.8, 4) is 17.2 Å². The summed E-state index contributed by atoms with van der Waals surface area (Å²) in [5.74, 6) is 0.789. The van der Waals surface area contributed by atoms with Gasteiger partial charge in [0.15, 0.2) is 0 Å². The summed E-state index contributed by atoms with van der Waals surface area (Å²) in [4.78, 5) is 13.5. The summed E-state index contributed by atoms with van der Waals surface area (Å²) in [5, 5.41) is 6.22. The standard InChI is InChI=1S/C32H31ClF4N2O4/c1-41-23-9-10-28(34)25(17-23)30(20-2-3-20)39-31(40)26-18-38-13-12-24(26)19-4-7-22(8-5-19)42-14-15-43-29-11-6-21(16-27(29)33)32(35,36)37/h4-11,16-17,20,30,38H,2-3,12-15,18H2,1H3,(H,39,40). The van der Waals surface area contributed by atoms with Crippen molar-refractivity contribution < 1.29 is 36.6 Å². The van der Waals surface area contributed by atoms with Crippen LogP contribution in [-0.4, -0.2) is 39.3 Å². The molecule has 1 aliphatic carbocycles. The van der Waals surface area contributed by atoms with Gasteiger partial charge in [0, 0.05) is 17.7 Å². The van der Waals surface area contributed by atoms with Crippen LogP contribution in [0.15, 0.2) is 66.2 Å². The first kappa shape index (κ1) is 30.7. The van der Waals surface area contributed by atoms with Crippen LogP contribution in [0.1, 0.15) is 42.0 Å². The Balaban J connectivity index is 1.22. The highest BCUT2D eigenvalue weighted by Gasteiger charge is 2.36. The fraction of sp³-hybridized carbons (Fsp3) is 0.344. The van der Waals surface area contributed by atoms with E-state index in [2.05, 4.69) is 10.6 Å². The number of hydrogen-bond donors (Lipinski definition) is 2. The van der Waals surface area contributed by atoms with Gasteiger partial charge >= 0.3 is 6.18 Å². The Morgan fingerprint density at radius 1 is 1.02 bits per heavy atom. The van der Waals surface area contributed by atoms with Gasteiger partial charge in [0.25, 0.3) is 0 Å². The van der Waals surface area contributed by atoms with Gasteiger partial charge in [-0.05, 0) is 91.4 Å². The number of halogens is 5. The van der Waals surface area contributed by atoms with Gasteiger partial charge in [-0.15, -0.1) is 0 Å². The lowest BCUT2D eigenvalue weighted by Crippen LogP contribution is -2.37. The maximum Gasteiger partial charge on any atom is 0.416 e. The third-order valence-corrected chi connectivity index (χ3v) is 7.78. The SMILES string of the molecule is COc1ccc(F)c(C(NC(=O)C2=C(c3ccc(OCCOc4ccc(C(F)(F)F)cc4Cl)cc3)CCNC2)C2CC2)c1. The predicted molar refractivity (Wildman–Crippen MR) is 155 cm³/mol. The fourth-order valence-corrected chi connectivity index (χ4v) is 5.31. The molecule has 11 heteroatoms. The van der Waals surface area contributed by atoms with E-state index in [9.17, 15) is 22.4 Å². The minimum atomic E-state index is -4.48. The van der Waals surface area contributed by atoms with Gasteiger partial charge in [-0.25, -0.2) is 4.39 Å². The maximum absolute atomic E-state index is 14.8. The quantitative estimate of drug-likeness (QED) is 0.179. The lowest BCUT2D eigenvalue weighted by atomic mass is 9.93. The van der Waals surface area contributed by atoms with Crippen LogP contribution in [0, 0.1) is 11.7 Å². The van der Waals surface area contributed by atoms with Gasteiger partial charge < -0.3 is 24.8 Å². The number of carbonyl (C=O) groups excluding carboxylic acids is 1. The number of alkyl halides is 3. The molecule has 228 valence electrons. The molecule has 2 aliphatic rings. The third-order valence-electron chi connectivity index (χ3n) is 7.48. The maximum atomic E-state index is 14.8. The molecule has 1 saturated carbocycles. The van der Waals surface area contributed by atoms with E-state index in [4.69, 9.17) is 25.8 Å². The van der Waals surface area contributed by atoms with Crippen molar-refractivity contribution in [2.24, 2.45) is 5.92 Å². The number of methoxy groups -OCH3 is 1. The van der Waals surface area contributed by atoms with Crippen molar-refractivity contribution in [3.63, 3.8) is 0 Å². The van der Waals surface area contributed by atoms with Crippen LogP contribution in [0.4, 0.5) is 17.6 Å². The lowest BCUT2D eigenvalue weighted by molar-refractivity contribution is -0.137. The van der Waals surface area contributed by atoms with E-state index < -0.39 is 17.8 Å². The molecular weight excluding hydrogens is 588 g/mol. The van der Waals surface area contributed by atoms with E-state index in [1.807, 2.05) is 12.1 Å². The van der Waals surface area contributed by atoms with E-state index >= 15 is 0 Å². The third kappa shape index (κ3) is 7.61. The molecule has 2 N–H and O–H groups in total. The van der Waals surface area contributed by atoms with Gasteiger partial charge in [-0.3, -0.25) is 4.79 Å². The van der Waals surface area contributed by atoms with Crippen LogP contribution in [-0.2, 0) is 11.0 Å². The van der Waals surface area contributed by atoms with Gasteiger partial charge in [-0.2, -0.15) is 13.2 Å². The van der Waals surface area contributed by atoms with E-state index in [0.29, 0.717) is 42.1 Å². The molecule has 0 radical (unpaired) electrons. The monoisotopic (exact) mass is 618 g/mol. The fourth-order valence-electron chi connectivity index (χ4n) is 5.07. The molecule has 0 saturated heterocycles. The second kappa shape index (κ2) is 13.3. The molecule has 1 atom stereocenters. The molecule has 1 amide bonds. The zero-order valence-electron chi connectivity index (χ0n) is 23.4. The number of nitrogens with one attached hydrogen (secondary N) is 2. The van der Waals surface area contributed by atoms with Crippen LogP contribution >= 0.6 is 11.6 Å². The van der Waals surface area contributed by atoms with Gasteiger partial charge in [-0.1, -0.05) is 23.7 Å². The molecule has 0 aromatic heterocycles. The van der Waals surface area contributed by atoms with Crippen molar-refractivity contribution in [3.05, 3.63) is 93.8 Å². The summed E-state index contributed by atoms with van der Waals surface area (Å²) < 4.78 is 69.7. The molecular formula is C32H31ClF4N2O4.